The highest BCUT2D eigenvalue weighted by Crippen LogP contribution is 2.35. The number of nitrogen functional groups attached to an aromatic ring is 2. The molecule has 222 valence electrons. The molecule has 2 nitrogen and oxygen atoms in total. The van der Waals surface area contributed by atoms with Crippen LogP contribution in [-0.4, -0.2) is 0 Å². The first-order valence-electron chi connectivity index (χ1n) is 16.3. The zero-order valence-electron chi connectivity index (χ0n) is 26.5. The molecular weight excluding hydrogens is 508 g/mol. The predicted octanol–water partition coefficient (Wildman–Crippen LogP) is 10.7. The molecule has 0 bridgehead atoms. The zero-order chi connectivity index (χ0) is 29.9. The van der Waals surface area contributed by atoms with E-state index in [0.717, 1.165) is 24.2 Å². The van der Waals surface area contributed by atoms with Crippen molar-refractivity contribution in [3.05, 3.63) is 129 Å². The molecule has 2 heteroatoms. The lowest BCUT2D eigenvalue weighted by Gasteiger charge is -2.21. The second-order valence-corrected chi connectivity index (χ2v) is 12.3. The number of nitrogens with two attached hydrogens (primary N) is 2. The Morgan fingerprint density at radius 2 is 0.881 bits per heavy atom. The standard InChI is InChI=1S/C40H52N2/c1-5-7-9-11-39(37-25-23-35(41)27-29(37)3)33-19-15-31(16-20-33)13-14-32-17-21-34(22-18-32)40(12-10-8-6-2)38-26-24-36(42)28-30(38)4/h15-28,39-40H,5-14,41-42H2,1-4H3. The molecular formula is C40H52N2. The van der Waals surface area contributed by atoms with Crippen molar-refractivity contribution in [1.82, 2.24) is 0 Å². The highest BCUT2D eigenvalue weighted by Gasteiger charge is 2.18. The molecule has 42 heavy (non-hydrogen) atoms. The Bertz CT molecular complexity index is 1280. The van der Waals surface area contributed by atoms with E-state index in [-0.39, 0.29) is 0 Å². The average Bonchev–Trinajstić information content (AvgIpc) is 2.98. The van der Waals surface area contributed by atoms with Gasteiger partial charge in [0.1, 0.15) is 0 Å². The summed E-state index contributed by atoms with van der Waals surface area (Å²) in [6.07, 6.45) is 12.0. The molecule has 0 aliphatic heterocycles. The molecule has 0 spiro atoms. The molecule has 4 rings (SSSR count). The van der Waals surface area contributed by atoms with E-state index in [4.69, 9.17) is 11.5 Å². The summed E-state index contributed by atoms with van der Waals surface area (Å²) < 4.78 is 0. The van der Waals surface area contributed by atoms with Crippen LogP contribution in [0.15, 0.2) is 84.9 Å². The number of aryl methyl sites for hydroxylation is 4. The van der Waals surface area contributed by atoms with Crippen LogP contribution in [0.2, 0.25) is 0 Å². The molecule has 4 N–H and O–H groups in total. The van der Waals surface area contributed by atoms with Crippen LogP contribution >= 0.6 is 0 Å². The minimum absolute atomic E-state index is 0.425. The minimum Gasteiger partial charge on any atom is -0.399 e. The number of anilines is 2. The summed E-state index contributed by atoms with van der Waals surface area (Å²) in [4.78, 5) is 0. The van der Waals surface area contributed by atoms with Crippen molar-refractivity contribution in [2.24, 2.45) is 0 Å². The van der Waals surface area contributed by atoms with Crippen molar-refractivity contribution in [2.75, 3.05) is 11.5 Å². The second kappa shape index (κ2) is 15.6. The lowest BCUT2D eigenvalue weighted by atomic mass is 9.83. The fourth-order valence-electron chi connectivity index (χ4n) is 6.50. The maximum Gasteiger partial charge on any atom is 0.0316 e. The molecule has 2 unspecified atom stereocenters. The van der Waals surface area contributed by atoms with E-state index >= 15 is 0 Å². The Hall–Kier alpha value is -3.52. The molecule has 0 fully saturated rings. The summed E-state index contributed by atoms with van der Waals surface area (Å²) in [6, 6.07) is 31.6. The number of rotatable bonds is 15. The zero-order valence-corrected chi connectivity index (χ0v) is 26.5. The second-order valence-electron chi connectivity index (χ2n) is 12.3. The Kier molecular flexibility index (Phi) is 11.7. The Labute approximate surface area is 255 Å². The normalized spacial score (nSPS) is 12.8. The minimum atomic E-state index is 0.425. The van der Waals surface area contributed by atoms with Crippen LogP contribution in [0.5, 0.6) is 0 Å². The first-order valence-corrected chi connectivity index (χ1v) is 16.3. The summed E-state index contributed by atoms with van der Waals surface area (Å²) in [5.41, 5.74) is 24.9. The topological polar surface area (TPSA) is 52.0 Å². The molecule has 0 aliphatic rings. The van der Waals surface area contributed by atoms with Crippen LogP contribution in [0.25, 0.3) is 0 Å². The van der Waals surface area contributed by atoms with Gasteiger partial charge in [-0.15, -0.1) is 0 Å². The monoisotopic (exact) mass is 560 g/mol. The summed E-state index contributed by atoms with van der Waals surface area (Å²) >= 11 is 0. The molecule has 0 saturated heterocycles. The molecule has 0 amide bonds. The number of hydrogen-bond donors (Lipinski definition) is 2. The molecule has 0 aliphatic carbocycles. The van der Waals surface area contributed by atoms with E-state index in [1.165, 1.54) is 95.9 Å². The number of unbranched alkanes of at least 4 members (excludes halogenated alkanes) is 4. The number of benzene rings is 4. The Morgan fingerprint density at radius 1 is 0.500 bits per heavy atom. The van der Waals surface area contributed by atoms with Gasteiger partial charge in [0.15, 0.2) is 0 Å². The lowest BCUT2D eigenvalue weighted by Crippen LogP contribution is -2.05. The fraction of sp³-hybridized carbons (Fsp3) is 0.400. The van der Waals surface area contributed by atoms with Gasteiger partial charge in [-0.1, -0.05) is 113 Å². The van der Waals surface area contributed by atoms with Crippen LogP contribution in [0.3, 0.4) is 0 Å². The van der Waals surface area contributed by atoms with Gasteiger partial charge in [-0.25, -0.2) is 0 Å². The van der Waals surface area contributed by atoms with Gasteiger partial charge in [-0.05, 0) is 108 Å². The van der Waals surface area contributed by atoms with Gasteiger partial charge < -0.3 is 11.5 Å². The number of hydrogen-bond acceptors (Lipinski definition) is 2. The summed E-state index contributed by atoms with van der Waals surface area (Å²) in [7, 11) is 0. The van der Waals surface area contributed by atoms with Crippen molar-refractivity contribution in [3.8, 4) is 0 Å². The van der Waals surface area contributed by atoms with E-state index in [2.05, 4.69) is 113 Å². The molecule has 0 saturated carbocycles. The van der Waals surface area contributed by atoms with E-state index in [9.17, 15) is 0 Å². The van der Waals surface area contributed by atoms with Gasteiger partial charge in [-0.2, -0.15) is 0 Å². The van der Waals surface area contributed by atoms with Crippen molar-refractivity contribution >= 4 is 11.4 Å². The lowest BCUT2D eigenvalue weighted by molar-refractivity contribution is 0.616. The van der Waals surface area contributed by atoms with Gasteiger partial charge in [0.2, 0.25) is 0 Å². The van der Waals surface area contributed by atoms with Crippen LogP contribution in [-0.2, 0) is 12.8 Å². The smallest absolute Gasteiger partial charge is 0.0316 e. The maximum atomic E-state index is 6.07. The van der Waals surface area contributed by atoms with Gasteiger partial charge >= 0.3 is 0 Å². The third-order valence-corrected chi connectivity index (χ3v) is 9.00. The van der Waals surface area contributed by atoms with Crippen LogP contribution in [0, 0.1) is 13.8 Å². The molecule has 4 aromatic rings. The first-order chi connectivity index (χ1) is 20.4. The van der Waals surface area contributed by atoms with E-state index in [0.29, 0.717) is 11.8 Å². The van der Waals surface area contributed by atoms with Gasteiger partial charge in [0.05, 0.1) is 0 Å². The largest absolute Gasteiger partial charge is 0.399 e. The van der Waals surface area contributed by atoms with E-state index < -0.39 is 0 Å². The van der Waals surface area contributed by atoms with E-state index in [1.807, 2.05) is 0 Å². The van der Waals surface area contributed by atoms with Gasteiger partial charge in [-0.3, -0.25) is 0 Å². The highest BCUT2D eigenvalue weighted by molar-refractivity contribution is 5.49. The van der Waals surface area contributed by atoms with Crippen molar-refractivity contribution in [2.45, 2.75) is 104 Å². The molecule has 0 radical (unpaired) electrons. The summed E-state index contributed by atoms with van der Waals surface area (Å²) in [5.74, 6) is 0.849. The van der Waals surface area contributed by atoms with Crippen LogP contribution in [0.1, 0.15) is 122 Å². The van der Waals surface area contributed by atoms with Crippen molar-refractivity contribution in [3.63, 3.8) is 0 Å². The molecule has 0 heterocycles. The first kappa shape index (κ1) is 31.4. The summed E-state index contributed by atoms with van der Waals surface area (Å²) in [6.45, 7) is 8.95. The van der Waals surface area contributed by atoms with Crippen LogP contribution < -0.4 is 11.5 Å². The maximum absolute atomic E-state index is 6.07. The third kappa shape index (κ3) is 8.51. The van der Waals surface area contributed by atoms with E-state index in [1.54, 1.807) is 0 Å². The van der Waals surface area contributed by atoms with Crippen molar-refractivity contribution in [1.29, 1.82) is 0 Å². The average molecular weight is 561 g/mol. The highest BCUT2D eigenvalue weighted by atomic mass is 14.5. The Balaban J connectivity index is 1.44. The molecule has 4 aromatic carbocycles. The summed E-state index contributed by atoms with van der Waals surface area (Å²) in [5, 5.41) is 0. The fourth-order valence-corrected chi connectivity index (χ4v) is 6.50. The Morgan fingerprint density at radius 3 is 1.21 bits per heavy atom. The van der Waals surface area contributed by atoms with Crippen LogP contribution in [0.4, 0.5) is 11.4 Å². The van der Waals surface area contributed by atoms with Crippen molar-refractivity contribution < 1.29 is 0 Å². The van der Waals surface area contributed by atoms with Gasteiger partial charge in [0.25, 0.3) is 0 Å². The predicted molar refractivity (Wildman–Crippen MR) is 183 cm³/mol. The SMILES string of the molecule is CCCCCC(c1ccc(CCc2ccc(C(CCCCC)c3ccc(N)cc3C)cc2)cc1)c1ccc(N)cc1C. The molecule has 0 aromatic heterocycles. The van der Waals surface area contributed by atoms with Gasteiger partial charge in [0, 0.05) is 23.2 Å². The quantitative estimate of drug-likeness (QED) is 0.112. The molecule has 2 atom stereocenters. The third-order valence-electron chi connectivity index (χ3n) is 9.00.